The molecule has 1 aliphatic carbocycles. The van der Waals surface area contributed by atoms with Crippen molar-refractivity contribution in [2.75, 3.05) is 0 Å². The van der Waals surface area contributed by atoms with E-state index in [1.807, 2.05) is 0 Å². The third-order valence-electron chi connectivity index (χ3n) is 3.95. The van der Waals surface area contributed by atoms with E-state index in [1.54, 1.807) is 18.3 Å². The van der Waals surface area contributed by atoms with Crippen molar-refractivity contribution in [1.29, 1.82) is 0 Å². The van der Waals surface area contributed by atoms with Crippen LogP contribution in [0.1, 0.15) is 44.4 Å². The molecule has 1 aliphatic rings. The Balaban J connectivity index is 1.39. The average molecular weight is 316 g/mol. The maximum absolute atomic E-state index is 11.8. The third kappa shape index (κ3) is 4.28. The summed E-state index contributed by atoms with van der Waals surface area (Å²) in [5, 5.41) is 5.67. The first kappa shape index (κ1) is 15.5. The number of hydrogen-bond acceptors (Lipinski definition) is 5. The lowest BCUT2D eigenvalue weighted by molar-refractivity contribution is -0.126. The summed E-state index contributed by atoms with van der Waals surface area (Å²) >= 11 is 0. The lowest BCUT2D eigenvalue weighted by Gasteiger charge is -2.11. The van der Waals surface area contributed by atoms with Crippen LogP contribution in [0.15, 0.2) is 22.7 Å². The number of hydrogen-bond donors (Lipinski definition) is 2. The molecule has 2 N–H and O–H groups in total. The summed E-state index contributed by atoms with van der Waals surface area (Å²) in [7, 11) is 0. The van der Waals surface area contributed by atoms with Crippen LogP contribution < -0.4 is 10.6 Å². The zero-order valence-electron chi connectivity index (χ0n) is 12.9. The van der Waals surface area contributed by atoms with Gasteiger partial charge in [0.1, 0.15) is 0 Å². The van der Waals surface area contributed by atoms with Crippen LogP contribution in [-0.4, -0.2) is 27.8 Å². The van der Waals surface area contributed by atoms with E-state index >= 15 is 0 Å². The Morgan fingerprint density at radius 3 is 2.78 bits per heavy atom. The Morgan fingerprint density at radius 2 is 2.00 bits per heavy atom. The molecule has 0 aliphatic heterocycles. The Labute approximate surface area is 133 Å². The number of pyridine rings is 1. The topological polar surface area (TPSA) is 97.1 Å². The first-order chi connectivity index (χ1) is 11.2. The SMILES string of the molecule is O=C(CCC(=O)NC1CCCC1)NCc1nc2ncccc2o1. The number of fused-ring (bicyclic) bond motifs is 1. The molecule has 7 heteroatoms. The predicted octanol–water partition coefficient (Wildman–Crippen LogP) is 1.68. The van der Waals surface area contributed by atoms with Crippen LogP contribution >= 0.6 is 0 Å². The Hall–Kier alpha value is -2.44. The highest BCUT2D eigenvalue weighted by molar-refractivity contribution is 5.83. The van der Waals surface area contributed by atoms with E-state index in [9.17, 15) is 9.59 Å². The van der Waals surface area contributed by atoms with Gasteiger partial charge in [0.2, 0.25) is 17.7 Å². The molecule has 1 saturated carbocycles. The number of aromatic nitrogens is 2. The maximum atomic E-state index is 11.8. The summed E-state index contributed by atoms with van der Waals surface area (Å²) in [6, 6.07) is 3.82. The minimum absolute atomic E-state index is 0.0573. The number of nitrogens with one attached hydrogen (secondary N) is 2. The predicted molar refractivity (Wildman–Crippen MR) is 83.3 cm³/mol. The van der Waals surface area contributed by atoms with Gasteiger partial charge in [-0.05, 0) is 25.0 Å². The summed E-state index contributed by atoms with van der Waals surface area (Å²) in [4.78, 5) is 31.8. The molecule has 0 bridgehead atoms. The molecule has 0 radical (unpaired) electrons. The Kier molecular flexibility index (Phi) is 4.85. The van der Waals surface area contributed by atoms with Crippen molar-refractivity contribution in [2.45, 2.75) is 51.1 Å². The minimum atomic E-state index is -0.193. The van der Waals surface area contributed by atoms with Gasteiger partial charge in [0.25, 0.3) is 0 Å². The van der Waals surface area contributed by atoms with Crippen molar-refractivity contribution in [1.82, 2.24) is 20.6 Å². The highest BCUT2D eigenvalue weighted by atomic mass is 16.3. The van der Waals surface area contributed by atoms with Gasteiger partial charge in [-0.1, -0.05) is 12.8 Å². The third-order valence-corrected chi connectivity index (χ3v) is 3.95. The fourth-order valence-electron chi connectivity index (χ4n) is 2.75. The van der Waals surface area contributed by atoms with Crippen LogP contribution in [0.2, 0.25) is 0 Å². The Bertz CT molecular complexity index is 658. The monoisotopic (exact) mass is 316 g/mol. The molecule has 1 fully saturated rings. The highest BCUT2D eigenvalue weighted by Gasteiger charge is 2.17. The second kappa shape index (κ2) is 7.21. The standard InChI is InChI=1S/C16H20N4O3/c21-13(7-8-14(22)19-11-4-1-2-5-11)18-10-15-20-16-12(23-15)6-3-9-17-16/h3,6,9,11H,1-2,4-5,7-8,10H2,(H,18,21)(H,19,22). The molecule has 2 heterocycles. The molecule has 2 aromatic rings. The molecule has 0 atom stereocenters. The normalized spacial score (nSPS) is 15.0. The zero-order chi connectivity index (χ0) is 16.1. The fraction of sp³-hybridized carbons (Fsp3) is 0.500. The van der Waals surface area contributed by atoms with Gasteiger partial charge in [-0.3, -0.25) is 9.59 Å². The molecule has 2 amide bonds. The quantitative estimate of drug-likeness (QED) is 0.845. The highest BCUT2D eigenvalue weighted by Crippen LogP contribution is 2.17. The maximum Gasteiger partial charge on any atom is 0.220 e. The van der Waals surface area contributed by atoms with Crippen LogP contribution in [0.5, 0.6) is 0 Å². The molecule has 0 aromatic carbocycles. The average Bonchev–Trinajstić information content (AvgIpc) is 3.19. The Morgan fingerprint density at radius 1 is 1.22 bits per heavy atom. The van der Waals surface area contributed by atoms with E-state index < -0.39 is 0 Å². The summed E-state index contributed by atoms with van der Waals surface area (Å²) in [5.41, 5.74) is 1.11. The van der Waals surface area contributed by atoms with Crippen molar-refractivity contribution >= 4 is 23.0 Å². The van der Waals surface area contributed by atoms with Gasteiger partial charge in [-0.2, -0.15) is 4.98 Å². The number of nitrogens with zero attached hydrogens (tertiary/aromatic N) is 2. The van der Waals surface area contributed by atoms with Gasteiger partial charge in [-0.15, -0.1) is 0 Å². The van der Waals surface area contributed by atoms with Gasteiger partial charge < -0.3 is 15.1 Å². The summed E-state index contributed by atoms with van der Waals surface area (Å²) in [6.07, 6.45) is 6.44. The molecular weight excluding hydrogens is 296 g/mol. The lowest BCUT2D eigenvalue weighted by Crippen LogP contribution is -2.33. The van der Waals surface area contributed by atoms with Crippen molar-refractivity contribution in [3.05, 3.63) is 24.2 Å². The molecule has 0 unspecified atom stereocenters. The number of carbonyl (C=O) groups is 2. The van der Waals surface area contributed by atoms with E-state index in [1.165, 1.54) is 12.8 Å². The van der Waals surface area contributed by atoms with Crippen LogP contribution in [0.3, 0.4) is 0 Å². The number of amides is 2. The minimum Gasteiger partial charge on any atom is -0.437 e. The second-order valence-electron chi connectivity index (χ2n) is 5.76. The van der Waals surface area contributed by atoms with Crippen molar-refractivity contribution in [3.63, 3.8) is 0 Å². The second-order valence-corrected chi connectivity index (χ2v) is 5.76. The summed E-state index contributed by atoms with van der Waals surface area (Å²) < 4.78 is 5.47. The first-order valence-corrected chi connectivity index (χ1v) is 7.97. The molecule has 2 aromatic heterocycles. The number of carbonyl (C=O) groups excluding carboxylic acids is 2. The van der Waals surface area contributed by atoms with Gasteiger partial charge in [0.05, 0.1) is 6.54 Å². The summed E-state index contributed by atoms with van der Waals surface area (Å²) in [6.45, 7) is 0.194. The van der Waals surface area contributed by atoms with Crippen molar-refractivity contribution < 1.29 is 14.0 Å². The van der Waals surface area contributed by atoms with E-state index in [2.05, 4.69) is 20.6 Å². The molecule has 122 valence electrons. The van der Waals surface area contributed by atoms with Gasteiger partial charge in [0.15, 0.2) is 11.2 Å². The van der Waals surface area contributed by atoms with Gasteiger partial charge in [-0.25, -0.2) is 4.98 Å². The first-order valence-electron chi connectivity index (χ1n) is 7.97. The van der Waals surface area contributed by atoms with Gasteiger partial charge in [0, 0.05) is 25.1 Å². The van der Waals surface area contributed by atoms with E-state index in [0.717, 1.165) is 12.8 Å². The zero-order valence-corrected chi connectivity index (χ0v) is 12.9. The molecular formula is C16H20N4O3. The molecule has 0 spiro atoms. The number of rotatable bonds is 6. The largest absolute Gasteiger partial charge is 0.437 e. The smallest absolute Gasteiger partial charge is 0.220 e. The molecule has 0 saturated heterocycles. The van der Waals surface area contributed by atoms with E-state index in [-0.39, 0.29) is 37.2 Å². The molecule has 7 nitrogen and oxygen atoms in total. The molecule has 23 heavy (non-hydrogen) atoms. The summed E-state index contributed by atoms with van der Waals surface area (Å²) in [5.74, 6) is 0.155. The van der Waals surface area contributed by atoms with Crippen molar-refractivity contribution in [3.8, 4) is 0 Å². The van der Waals surface area contributed by atoms with Crippen molar-refractivity contribution in [2.24, 2.45) is 0 Å². The molecule has 3 rings (SSSR count). The van der Waals surface area contributed by atoms with Crippen LogP contribution in [0, 0.1) is 0 Å². The fourth-order valence-corrected chi connectivity index (χ4v) is 2.75. The number of oxazole rings is 1. The van der Waals surface area contributed by atoms with E-state index in [4.69, 9.17) is 4.42 Å². The van der Waals surface area contributed by atoms with E-state index in [0.29, 0.717) is 17.1 Å². The van der Waals surface area contributed by atoms with Gasteiger partial charge >= 0.3 is 0 Å². The van der Waals surface area contributed by atoms with Crippen LogP contribution in [-0.2, 0) is 16.1 Å². The van der Waals surface area contributed by atoms with Crippen LogP contribution in [0.4, 0.5) is 0 Å². The lowest BCUT2D eigenvalue weighted by atomic mass is 10.2. The van der Waals surface area contributed by atoms with Crippen LogP contribution in [0.25, 0.3) is 11.2 Å².